The van der Waals surface area contributed by atoms with Gasteiger partial charge in [0.25, 0.3) is 0 Å². The first kappa shape index (κ1) is 12.4. The van der Waals surface area contributed by atoms with Gasteiger partial charge in [0.15, 0.2) is 0 Å². The van der Waals surface area contributed by atoms with Crippen LogP contribution in [0, 0.1) is 0 Å². The molecule has 1 aromatic rings. The van der Waals surface area contributed by atoms with E-state index in [1.165, 1.54) is 19.3 Å². The van der Waals surface area contributed by atoms with Crippen LogP contribution in [0.25, 0.3) is 0 Å². The molecule has 3 heteroatoms. The van der Waals surface area contributed by atoms with E-state index in [2.05, 4.69) is 11.9 Å². The van der Waals surface area contributed by atoms with Crippen molar-refractivity contribution in [1.29, 1.82) is 0 Å². The molecule has 17 heavy (non-hydrogen) atoms. The van der Waals surface area contributed by atoms with E-state index in [1.807, 2.05) is 24.3 Å². The number of rotatable bonds is 5. The minimum atomic E-state index is -0.475. The van der Waals surface area contributed by atoms with E-state index in [0.717, 1.165) is 11.3 Å². The average molecular weight is 235 g/mol. The van der Waals surface area contributed by atoms with Gasteiger partial charge in [-0.2, -0.15) is 0 Å². The monoisotopic (exact) mass is 235 g/mol. The summed E-state index contributed by atoms with van der Waals surface area (Å²) in [7, 11) is 3.73. The van der Waals surface area contributed by atoms with Crippen LogP contribution in [-0.2, 0) is 0 Å². The Morgan fingerprint density at radius 3 is 2.71 bits per heavy atom. The molecule has 1 aliphatic rings. The van der Waals surface area contributed by atoms with Crippen LogP contribution in [0.4, 0.5) is 0 Å². The SMILES string of the molecule is COc1ccccc1C(O)CN(C)C1CCC1. The van der Waals surface area contributed by atoms with E-state index in [0.29, 0.717) is 12.6 Å². The molecule has 0 aromatic heterocycles. The molecule has 1 aromatic carbocycles. The number of nitrogens with zero attached hydrogens (tertiary/aromatic N) is 1. The van der Waals surface area contributed by atoms with Crippen molar-refractivity contribution in [2.75, 3.05) is 20.7 Å². The molecule has 0 heterocycles. The highest BCUT2D eigenvalue weighted by atomic mass is 16.5. The number of aliphatic hydroxyl groups excluding tert-OH is 1. The van der Waals surface area contributed by atoms with Gasteiger partial charge in [-0.15, -0.1) is 0 Å². The summed E-state index contributed by atoms with van der Waals surface area (Å²) in [6.07, 6.45) is 3.36. The van der Waals surface area contributed by atoms with Crippen molar-refractivity contribution >= 4 is 0 Å². The van der Waals surface area contributed by atoms with Gasteiger partial charge in [0.2, 0.25) is 0 Å². The normalized spacial score (nSPS) is 17.9. The Bertz CT molecular complexity index is 363. The summed E-state index contributed by atoms with van der Waals surface area (Å²) in [5.41, 5.74) is 0.876. The van der Waals surface area contributed by atoms with Gasteiger partial charge in [-0.3, -0.25) is 0 Å². The van der Waals surface area contributed by atoms with Crippen molar-refractivity contribution in [3.63, 3.8) is 0 Å². The molecule has 2 rings (SSSR count). The molecule has 0 radical (unpaired) electrons. The molecule has 1 saturated carbocycles. The third-order valence-corrected chi connectivity index (χ3v) is 3.66. The molecule has 1 N–H and O–H groups in total. The van der Waals surface area contributed by atoms with Crippen molar-refractivity contribution in [2.24, 2.45) is 0 Å². The van der Waals surface area contributed by atoms with Crippen LogP contribution < -0.4 is 4.74 Å². The summed E-state index contributed by atoms with van der Waals surface area (Å²) in [4.78, 5) is 2.25. The molecule has 0 aliphatic heterocycles. The molecule has 3 nitrogen and oxygen atoms in total. The summed E-state index contributed by atoms with van der Waals surface area (Å²) in [5.74, 6) is 0.766. The molecule has 94 valence electrons. The van der Waals surface area contributed by atoms with Gasteiger partial charge in [-0.1, -0.05) is 24.6 Å². The lowest BCUT2D eigenvalue weighted by Crippen LogP contribution is -2.39. The Hall–Kier alpha value is -1.06. The molecule has 1 fully saturated rings. The second-order valence-electron chi connectivity index (χ2n) is 4.78. The lowest BCUT2D eigenvalue weighted by atomic mass is 9.91. The van der Waals surface area contributed by atoms with Gasteiger partial charge < -0.3 is 14.7 Å². The third-order valence-electron chi connectivity index (χ3n) is 3.66. The number of likely N-dealkylation sites (N-methyl/N-ethyl adjacent to an activating group) is 1. The second-order valence-corrected chi connectivity index (χ2v) is 4.78. The highest BCUT2D eigenvalue weighted by Crippen LogP contribution is 2.28. The minimum absolute atomic E-state index is 0.475. The molecular weight excluding hydrogens is 214 g/mol. The molecule has 1 atom stereocenters. The quantitative estimate of drug-likeness (QED) is 0.849. The largest absolute Gasteiger partial charge is 0.496 e. The van der Waals surface area contributed by atoms with Crippen molar-refractivity contribution in [3.8, 4) is 5.75 Å². The molecular formula is C14H21NO2. The number of methoxy groups -OCH3 is 1. The van der Waals surface area contributed by atoms with Crippen LogP contribution in [0.2, 0.25) is 0 Å². The van der Waals surface area contributed by atoms with E-state index in [9.17, 15) is 5.11 Å². The van der Waals surface area contributed by atoms with E-state index in [-0.39, 0.29) is 0 Å². The Balaban J connectivity index is 2.00. The van der Waals surface area contributed by atoms with Crippen LogP contribution in [0.1, 0.15) is 30.9 Å². The van der Waals surface area contributed by atoms with Crippen molar-refractivity contribution in [2.45, 2.75) is 31.4 Å². The van der Waals surface area contributed by atoms with Crippen LogP contribution in [0.15, 0.2) is 24.3 Å². The molecule has 0 spiro atoms. The zero-order chi connectivity index (χ0) is 12.3. The van der Waals surface area contributed by atoms with E-state index < -0.39 is 6.10 Å². The number of aliphatic hydroxyl groups is 1. The maximum absolute atomic E-state index is 10.2. The first-order valence-corrected chi connectivity index (χ1v) is 6.23. The lowest BCUT2D eigenvalue weighted by Gasteiger charge is -2.36. The summed E-state index contributed by atoms with van der Waals surface area (Å²) in [5, 5.41) is 10.2. The molecule has 1 unspecified atom stereocenters. The Morgan fingerprint density at radius 2 is 2.12 bits per heavy atom. The first-order chi connectivity index (χ1) is 8.22. The fourth-order valence-electron chi connectivity index (χ4n) is 2.29. The minimum Gasteiger partial charge on any atom is -0.496 e. The van der Waals surface area contributed by atoms with E-state index in [1.54, 1.807) is 7.11 Å². The van der Waals surface area contributed by atoms with Crippen molar-refractivity contribution in [3.05, 3.63) is 29.8 Å². The predicted molar refractivity (Wildman–Crippen MR) is 68.2 cm³/mol. The topological polar surface area (TPSA) is 32.7 Å². The van der Waals surface area contributed by atoms with Crippen LogP contribution in [-0.4, -0.2) is 36.8 Å². The Labute approximate surface area is 103 Å². The highest BCUT2D eigenvalue weighted by Gasteiger charge is 2.24. The predicted octanol–water partition coefficient (Wildman–Crippen LogP) is 2.21. The van der Waals surface area contributed by atoms with Gasteiger partial charge in [-0.05, 0) is 26.0 Å². The zero-order valence-electron chi connectivity index (χ0n) is 10.6. The third kappa shape index (κ3) is 2.79. The average Bonchev–Trinajstić information content (AvgIpc) is 2.26. The standard InChI is InChI=1S/C14H21NO2/c1-15(11-6-5-7-11)10-13(16)12-8-3-4-9-14(12)17-2/h3-4,8-9,11,13,16H,5-7,10H2,1-2H3. The Kier molecular flexibility index (Phi) is 4.02. The van der Waals surface area contributed by atoms with Crippen molar-refractivity contribution in [1.82, 2.24) is 4.90 Å². The summed E-state index contributed by atoms with van der Waals surface area (Å²) in [6, 6.07) is 8.33. The zero-order valence-corrected chi connectivity index (χ0v) is 10.6. The molecule has 0 amide bonds. The van der Waals surface area contributed by atoms with Crippen molar-refractivity contribution < 1.29 is 9.84 Å². The van der Waals surface area contributed by atoms with Gasteiger partial charge >= 0.3 is 0 Å². The molecule has 0 saturated heterocycles. The fraction of sp³-hybridized carbons (Fsp3) is 0.571. The van der Waals surface area contributed by atoms with Crippen LogP contribution >= 0.6 is 0 Å². The van der Waals surface area contributed by atoms with Gasteiger partial charge in [0.1, 0.15) is 5.75 Å². The van der Waals surface area contributed by atoms with Crippen LogP contribution in [0.3, 0.4) is 0 Å². The Morgan fingerprint density at radius 1 is 1.41 bits per heavy atom. The number of benzene rings is 1. The summed E-state index contributed by atoms with van der Waals surface area (Å²) in [6.45, 7) is 0.672. The summed E-state index contributed by atoms with van der Waals surface area (Å²) < 4.78 is 5.27. The number of hydrogen-bond acceptors (Lipinski definition) is 3. The van der Waals surface area contributed by atoms with Gasteiger partial charge in [-0.25, -0.2) is 0 Å². The second kappa shape index (κ2) is 5.52. The van der Waals surface area contributed by atoms with Crippen LogP contribution in [0.5, 0.6) is 5.75 Å². The maximum atomic E-state index is 10.2. The highest BCUT2D eigenvalue weighted by molar-refractivity contribution is 5.35. The number of para-hydroxylation sites is 1. The smallest absolute Gasteiger partial charge is 0.124 e. The van der Waals surface area contributed by atoms with E-state index in [4.69, 9.17) is 4.74 Å². The number of hydrogen-bond donors (Lipinski definition) is 1. The molecule has 1 aliphatic carbocycles. The molecule has 0 bridgehead atoms. The first-order valence-electron chi connectivity index (χ1n) is 6.23. The summed E-state index contributed by atoms with van der Waals surface area (Å²) >= 11 is 0. The lowest BCUT2D eigenvalue weighted by molar-refractivity contribution is 0.0762. The number of ether oxygens (including phenoxy) is 1. The fourth-order valence-corrected chi connectivity index (χ4v) is 2.29. The van der Waals surface area contributed by atoms with Gasteiger partial charge in [0.05, 0.1) is 13.2 Å². The van der Waals surface area contributed by atoms with Gasteiger partial charge in [0, 0.05) is 18.2 Å². The van der Waals surface area contributed by atoms with E-state index >= 15 is 0 Å². The maximum Gasteiger partial charge on any atom is 0.124 e.